The molecule has 1 heterocycles. The van der Waals surface area contributed by atoms with Crippen molar-refractivity contribution in [3.63, 3.8) is 0 Å². The zero-order valence-corrected chi connectivity index (χ0v) is 57.6. The lowest BCUT2D eigenvalue weighted by Crippen LogP contribution is -2.63. The highest BCUT2D eigenvalue weighted by Crippen LogP contribution is 2.26. The van der Waals surface area contributed by atoms with E-state index in [1.165, 1.54) is 87.7 Å². The van der Waals surface area contributed by atoms with Crippen molar-refractivity contribution < 1.29 is 57.8 Å². The second kappa shape index (κ2) is 36.3. The molecule has 11 amide bonds. The van der Waals surface area contributed by atoms with E-state index in [2.05, 4.69) is 33.2 Å². The molecule has 12 atom stereocenters. The lowest BCUT2D eigenvalue weighted by atomic mass is 9.90. The maximum absolute atomic E-state index is 15.2. The third-order valence-corrected chi connectivity index (χ3v) is 16.4. The first kappa shape index (κ1) is 79.6. The largest absolute Gasteiger partial charge is 0.390 e. The van der Waals surface area contributed by atoms with E-state index in [4.69, 9.17) is 5.73 Å². The number of aliphatic hydroxyl groups excluding tert-OH is 1. The van der Waals surface area contributed by atoms with Gasteiger partial charge in [-0.15, -0.1) is 0 Å². The molecule has 25 nitrogen and oxygen atoms in total. The molecule has 1 aliphatic rings. The molecule has 25 heteroatoms. The number of likely N-dealkylation sites (N-methyl/N-ethyl adjacent to an activating group) is 7. The molecule has 0 saturated carbocycles. The van der Waals surface area contributed by atoms with Gasteiger partial charge in [-0.2, -0.15) is 0 Å². The number of carbonyl (C=O) groups excluding carboxylic acids is 11. The Kier molecular flexibility index (Phi) is 32.9. The zero-order valence-electron chi connectivity index (χ0n) is 57.6. The summed E-state index contributed by atoms with van der Waals surface area (Å²) >= 11 is 0. The van der Waals surface area contributed by atoms with E-state index in [9.17, 15) is 43.5 Å². The second-order valence-electron chi connectivity index (χ2n) is 26.8. The van der Waals surface area contributed by atoms with Crippen LogP contribution in [-0.4, -0.2) is 240 Å². The number of allylic oxidation sites excluding steroid dienone is 1. The van der Waals surface area contributed by atoms with E-state index in [1.807, 2.05) is 55.4 Å². The molecule has 0 radical (unpaired) electrons. The Morgan fingerprint density at radius 3 is 1.39 bits per heavy atom. The highest BCUT2D eigenvalue weighted by molar-refractivity contribution is 5.99. The van der Waals surface area contributed by atoms with Crippen LogP contribution in [0.4, 0.5) is 0 Å². The Bertz CT molecular complexity index is 2400. The molecule has 0 unspecified atom stereocenters. The standard InChI is InChI=1S/C63H115N13O12/c1-25-44-59(84)70(18)33-49(77)71(19)45(28-34(2)3)56(81)69-50(38(10)11)62(87)72(20)46(29-35(4)5)55(80)66-42(16)54(79)67-43(17)58(83)73(21)47(30-36(6)7)60(85)74(22)48(31-37(8)9)61(86)75(23)51(39(12)13)63(88)76(24)52(57(82)68-44)53(78)40(14)32-41(15)65-27-26-64/h34-40,42-48,50-53,65,78H,15,25-33,64H2,1-14,16-24H3,(H,66,80)(H,67,79)(H,68,82)(H,69,81)/t40-,42+,43-,44+,45+,46+,47+,48+,50+,51+,52+,53-/m1/s1. The average molecular weight is 1250 g/mol. The second-order valence-corrected chi connectivity index (χ2v) is 26.8. The van der Waals surface area contributed by atoms with Crippen LogP contribution in [0.1, 0.15) is 149 Å². The summed E-state index contributed by atoms with van der Waals surface area (Å²) in [5.41, 5.74) is 6.22. The Morgan fingerprint density at radius 2 is 0.932 bits per heavy atom. The van der Waals surface area contributed by atoms with Gasteiger partial charge in [-0.05, 0) is 93.8 Å². The fraction of sp³-hybridized carbons (Fsp3) is 0.794. The van der Waals surface area contributed by atoms with Gasteiger partial charge in [0.05, 0.1) is 12.6 Å². The number of nitrogens with one attached hydrogen (secondary N) is 5. The van der Waals surface area contributed by atoms with Crippen molar-refractivity contribution in [3.05, 3.63) is 12.3 Å². The summed E-state index contributed by atoms with van der Waals surface area (Å²) in [7, 11) is 9.84. The van der Waals surface area contributed by atoms with Crippen molar-refractivity contribution in [2.24, 2.45) is 47.2 Å². The monoisotopic (exact) mass is 1250 g/mol. The summed E-state index contributed by atoms with van der Waals surface area (Å²) < 4.78 is 0. The number of aliphatic hydroxyl groups is 1. The summed E-state index contributed by atoms with van der Waals surface area (Å²) in [6, 6.07) is -12.6. The fourth-order valence-electron chi connectivity index (χ4n) is 11.0. The molecule has 0 aliphatic carbocycles. The van der Waals surface area contributed by atoms with Crippen molar-refractivity contribution >= 4 is 65.0 Å². The molecule has 504 valence electrons. The first-order chi connectivity index (χ1) is 40.6. The highest BCUT2D eigenvalue weighted by Gasteiger charge is 2.46. The summed E-state index contributed by atoms with van der Waals surface area (Å²) in [4.78, 5) is 169. The van der Waals surface area contributed by atoms with Crippen LogP contribution in [0.25, 0.3) is 0 Å². The van der Waals surface area contributed by atoms with Gasteiger partial charge in [-0.3, -0.25) is 52.7 Å². The molecule has 0 spiro atoms. The third kappa shape index (κ3) is 22.6. The van der Waals surface area contributed by atoms with Crippen molar-refractivity contribution in [1.29, 1.82) is 0 Å². The quantitative estimate of drug-likeness (QED) is 0.103. The number of rotatable bonds is 18. The maximum Gasteiger partial charge on any atom is 0.246 e. The minimum atomic E-state index is -1.68. The maximum atomic E-state index is 15.2. The number of amides is 11. The lowest BCUT2D eigenvalue weighted by Gasteiger charge is -2.41. The van der Waals surface area contributed by atoms with Gasteiger partial charge in [0.1, 0.15) is 60.4 Å². The predicted octanol–water partition coefficient (Wildman–Crippen LogP) is 1.75. The molecule has 88 heavy (non-hydrogen) atoms. The highest BCUT2D eigenvalue weighted by atomic mass is 16.3. The van der Waals surface area contributed by atoms with Gasteiger partial charge in [0, 0.05) is 68.1 Å². The van der Waals surface area contributed by atoms with E-state index >= 15 is 14.4 Å². The molecule has 1 rings (SSSR count). The van der Waals surface area contributed by atoms with E-state index in [1.54, 1.807) is 41.5 Å². The molecule has 0 bridgehead atoms. The molecular weight excluding hydrogens is 1130 g/mol. The number of carbonyl (C=O) groups is 11. The van der Waals surface area contributed by atoms with Crippen LogP contribution in [0, 0.1) is 41.4 Å². The molecule has 1 saturated heterocycles. The van der Waals surface area contributed by atoms with Crippen LogP contribution in [0.15, 0.2) is 12.3 Å². The summed E-state index contributed by atoms with van der Waals surface area (Å²) in [6.45, 7) is 32.1. The summed E-state index contributed by atoms with van der Waals surface area (Å²) in [5, 5.41) is 26.3. The molecule has 0 aromatic heterocycles. The van der Waals surface area contributed by atoms with Gasteiger partial charge in [-0.25, -0.2) is 0 Å². The number of nitrogens with zero attached hydrogens (tertiary/aromatic N) is 7. The molecule has 1 aliphatic heterocycles. The van der Waals surface area contributed by atoms with Crippen molar-refractivity contribution in [1.82, 2.24) is 60.9 Å². The van der Waals surface area contributed by atoms with Gasteiger partial charge in [0.25, 0.3) is 0 Å². The van der Waals surface area contributed by atoms with Crippen molar-refractivity contribution in [2.75, 3.05) is 69.0 Å². The first-order valence-corrected chi connectivity index (χ1v) is 31.5. The number of hydrogen-bond acceptors (Lipinski definition) is 14. The topological polar surface area (TPSA) is 317 Å². The summed E-state index contributed by atoms with van der Waals surface area (Å²) in [6.07, 6.45) is -0.896. The molecule has 1 fully saturated rings. The molecule has 0 aromatic rings. The van der Waals surface area contributed by atoms with Crippen LogP contribution < -0.4 is 32.3 Å². The van der Waals surface area contributed by atoms with Gasteiger partial charge < -0.3 is 71.7 Å². The van der Waals surface area contributed by atoms with E-state index < -0.39 is 156 Å². The zero-order chi connectivity index (χ0) is 68.3. The van der Waals surface area contributed by atoms with Gasteiger partial charge in [0.15, 0.2) is 0 Å². The van der Waals surface area contributed by atoms with Gasteiger partial charge >= 0.3 is 0 Å². The first-order valence-electron chi connectivity index (χ1n) is 31.5. The van der Waals surface area contributed by atoms with Crippen LogP contribution >= 0.6 is 0 Å². The minimum absolute atomic E-state index is 0.00367. The van der Waals surface area contributed by atoms with Crippen LogP contribution in [0.2, 0.25) is 0 Å². The normalized spacial score (nSPS) is 26.2. The van der Waals surface area contributed by atoms with E-state index in [-0.39, 0.29) is 68.7 Å². The minimum Gasteiger partial charge on any atom is -0.390 e. The smallest absolute Gasteiger partial charge is 0.246 e. The van der Waals surface area contributed by atoms with E-state index in [0.717, 1.165) is 9.80 Å². The fourth-order valence-corrected chi connectivity index (χ4v) is 11.0. The number of hydrogen-bond donors (Lipinski definition) is 7. The number of nitrogens with two attached hydrogens (primary N) is 1. The average Bonchev–Trinajstić information content (AvgIpc) is 2.01. The van der Waals surface area contributed by atoms with E-state index in [0.29, 0.717) is 12.2 Å². The predicted molar refractivity (Wildman–Crippen MR) is 340 cm³/mol. The van der Waals surface area contributed by atoms with Crippen molar-refractivity contribution in [2.45, 2.75) is 216 Å². The van der Waals surface area contributed by atoms with Gasteiger partial charge in [-0.1, -0.05) is 104 Å². The summed E-state index contributed by atoms with van der Waals surface area (Å²) in [5.74, 6) is -10.1. The van der Waals surface area contributed by atoms with Crippen LogP contribution in [0.5, 0.6) is 0 Å². The van der Waals surface area contributed by atoms with Gasteiger partial charge in [0.2, 0.25) is 65.0 Å². The Labute approximate surface area is 526 Å². The Hall–Kier alpha value is -6.37. The Morgan fingerprint density at radius 1 is 0.511 bits per heavy atom. The Balaban J connectivity index is 4.36. The SMILES string of the molecule is C=C(C[C@@H](C)[C@@H](O)[C@H]1C(=O)N[C@@H](CC)C(=O)N(C)CC(=O)N(C)[C@@H](CC(C)C)C(=O)N[C@@H](C(C)C)C(=O)N(C)[C@@H](CC(C)C)C(=O)N[C@@H](C)C(=O)N[C@H](C)C(=O)N(C)[C@@H](CC(C)C)C(=O)N(C)[C@@H](CC(C)C)C(=O)N(C)[C@@H](C(C)C)C(=O)N1C)NCCN. The molecular formula is C63H115N13O12. The third-order valence-electron chi connectivity index (χ3n) is 16.4. The van der Waals surface area contributed by atoms with Crippen molar-refractivity contribution in [3.8, 4) is 0 Å². The van der Waals surface area contributed by atoms with Crippen LogP contribution in [-0.2, 0) is 52.7 Å². The van der Waals surface area contributed by atoms with Crippen LogP contribution in [0.3, 0.4) is 0 Å². The lowest BCUT2D eigenvalue weighted by molar-refractivity contribution is -0.157. The molecule has 8 N–H and O–H groups in total. The molecule has 0 aromatic carbocycles.